The van der Waals surface area contributed by atoms with Crippen LogP contribution in [0.3, 0.4) is 0 Å². The number of nitrogens with zero attached hydrogens (tertiary/aromatic N) is 2. The normalized spacial score (nSPS) is 10.7. The van der Waals surface area contributed by atoms with E-state index < -0.39 is 5.97 Å². The van der Waals surface area contributed by atoms with Crippen molar-refractivity contribution < 1.29 is 19.1 Å². The van der Waals surface area contributed by atoms with Gasteiger partial charge in [-0.05, 0) is 42.8 Å². The molecular formula is C20H19ClN2O4S. The second kappa shape index (κ2) is 9.03. The number of aromatic nitrogens is 1. The molecule has 1 amide bonds. The number of amides is 1. The van der Waals surface area contributed by atoms with Crippen molar-refractivity contribution in [3.05, 3.63) is 58.1 Å². The van der Waals surface area contributed by atoms with Gasteiger partial charge in [-0.3, -0.25) is 4.79 Å². The summed E-state index contributed by atoms with van der Waals surface area (Å²) in [4.78, 5) is 30.0. The van der Waals surface area contributed by atoms with Crippen LogP contribution in [-0.2, 0) is 20.9 Å². The Balaban J connectivity index is 1.45. The summed E-state index contributed by atoms with van der Waals surface area (Å²) in [6, 6.07) is 12.9. The van der Waals surface area contributed by atoms with Crippen molar-refractivity contribution in [2.45, 2.75) is 13.5 Å². The molecule has 2 aromatic carbocycles. The number of carbonyl (C=O) groups excluding carboxylic acids is 2. The largest absolute Gasteiger partial charge is 0.482 e. The molecular weight excluding hydrogens is 400 g/mol. The van der Waals surface area contributed by atoms with Gasteiger partial charge in [0.25, 0.3) is 5.91 Å². The number of fused-ring (bicyclic) bond motifs is 1. The summed E-state index contributed by atoms with van der Waals surface area (Å²) in [5.74, 6) is -0.382. The van der Waals surface area contributed by atoms with Crippen LogP contribution in [0, 0.1) is 6.92 Å². The number of ether oxygens (including phenoxy) is 2. The zero-order valence-electron chi connectivity index (χ0n) is 15.5. The number of hydrogen-bond acceptors (Lipinski definition) is 6. The topological polar surface area (TPSA) is 68.7 Å². The van der Waals surface area contributed by atoms with Crippen molar-refractivity contribution in [2.24, 2.45) is 0 Å². The monoisotopic (exact) mass is 418 g/mol. The SMILES string of the molecule is Cc1cc(Cl)ccc1OCC(=O)OCC(=O)N(C)Cc1nc2ccccc2s1. The molecule has 0 saturated heterocycles. The van der Waals surface area contributed by atoms with E-state index in [1.165, 1.54) is 16.2 Å². The Labute approximate surface area is 171 Å². The van der Waals surface area contributed by atoms with Crippen LogP contribution in [0.25, 0.3) is 10.2 Å². The molecule has 6 nitrogen and oxygen atoms in total. The highest BCUT2D eigenvalue weighted by Gasteiger charge is 2.15. The molecule has 8 heteroatoms. The third kappa shape index (κ3) is 5.21. The lowest BCUT2D eigenvalue weighted by Crippen LogP contribution is -2.31. The summed E-state index contributed by atoms with van der Waals surface area (Å²) in [5.41, 5.74) is 1.72. The quantitative estimate of drug-likeness (QED) is 0.545. The van der Waals surface area contributed by atoms with Gasteiger partial charge < -0.3 is 14.4 Å². The average Bonchev–Trinajstić information content (AvgIpc) is 3.07. The van der Waals surface area contributed by atoms with Crippen LogP contribution in [-0.4, -0.2) is 42.0 Å². The molecule has 0 bridgehead atoms. The molecule has 3 rings (SSSR count). The van der Waals surface area contributed by atoms with E-state index in [0.29, 0.717) is 17.3 Å². The number of halogens is 1. The molecule has 0 spiro atoms. The third-order valence-corrected chi connectivity index (χ3v) is 5.23. The Morgan fingerprint density at radius 1 is 1.18 bits per heavy atom. The molecule has 1 heterocycles. The summed E-state index contributed by atoms with van der Waals surface area (Å²) in [5, 5.41) is 1.42. The van der Waals surface area contributed by atoms with Crippen LogP contribution in [0.2, 0.25) is 5.02 Å². The van der Waals surface area contributed by atoms with Crippen LogP contribution in [0.4, 0.5) is 0 Å². The number of rotatable bonds is 7. The van der Waals surface area contributed by atoms with E-state index in [9.17, 15) is 9.59 Å². The molecule has 0 aliphatic heterocycles. The van der Waals surface area contributed by atoms with Gasteiger partial charge in [0, 0.05) is 12.1 Å². The maximum absolute atomic E-state index is 12.2. The van der Waals surface area contributed by atoms with Crippen molar-refractivity contribution in [1.82, 2.24) is 9.88 Å². The summed E-state index contributed by atoms with van der Waals surface area (Å²) in [7, 11) is 1.65. The summed E-state index contributed by atoms with van der Waals surface area (Å²) in [6.07, 6.45) is 0. The van der Waals surface area contributed by atoms with Crippen LogP contribution in [0.1, 0.15) is 10.6 Å². The van der Waals surface area contributed by atoms with Gasteiger partial charge in [0.15, 0.2) is 13.2 Å². The van der Waals surface area contributed by atoms with Gasteiger partial charge in [0.2, 0.25) is 0 Å². The standard InChI is InChI=1S/C20H19ClN2O4S/c1-13-9-14(21)7-8-16(13)26-12-20(25)27-11-19(24)23(2)10-18-22-15-5-3-4-6-17(15)28-18/h3-9H,10-12H2,1-2H3. The van der Waals surface area contributed by atoms with Crippen LogP contribution < -0.4 is 4.74 Å². The van der Waals surface area contributed by atoms with Gasteiger partial charge >= 0.3 is 5.97 Å². The predicted octanol–water partition coefficient (Wildman–Crippen LogP) is 3.84. The molecule has 28 heavy (non-hydrogen) atoms. The number of carbonyl (C=O) groups is 2. The number of hydrogen-bond donors (Lipinski definition) is 0. The van der Waals surface area contributed by atoms with E-state index in [2.05, 4.69) is 4.98 Å². The number of esters is 1. The second-order valence-corrected chi connectivity index (χ2v) is 7.74. The summed E-state index contributed by atoms with van der Waals surface area (Å²) in [6.45, 7) is 1.56. The fourth-order valence-electron chi connectivity index (χ4n) is 2.48. The number of aryl methyl sites for hydroxylation is 1. The highest BCUT2D eigenvalue weighted by atomic mass is 35.5. The Morgan fingerprint density at radius 3 is 2.71 bits per heavy atom. The molecule has 0 aliphatic rings. The molecule has 0 radical (unpaired) electrons. The zero-order valence-corrected chi connectivity index (χ0v) is 17.0. The van der Waals surface area contributed by atoms with Gasteiger partial charge in [0.05, 0.1) is 16.8 Å². The molecule has 0 aliphatic carbocycles. The van der Waals surface area contributed by atoms with Gasteiger partial charge in [-0.15, -0.1) is 11.3 Å². The number of likely N-dealkylation sites (N-methyl/N-ethyl adjacent to an activating group) is 1. The highest BCUT2D eigenvalue weighted by Crippen LogP contribution is 2.23. The molecule has 0 unspecified atom stereocenters. The first-order chi connectivity index (χ1) is 13.4. The minimum Gasteiger partial charge on any atom is -0.482 e. The number of benzene rings is 2. The second-order valence-electron chi connectivity index (χ2n) is 6.18. The van der Waals surface area contributed by atoms with Crippen LogP contribution in [0.15, 0.2) is 42.5 Å². The van der Waals surface area contributed by atoms with Crippen LogP contribution in [0.5, 0.6) is 5.75 Å². The smallest absolute Gasteiger partial charge is 0.344 e. The third-order valence-electron chi connectivity index (χ3n) is 3.98. The highest BCUT2D eigenvalue weighted by molar-refractivity contribution is 7.18. The van der Waals surface area contributed by atoms with Gasteiger partial charge in [-0.2, -0.15) is 0 Å². The maximum atomic E-state index is 12.2. The van der Waals surface area contributed by atoms with E-state index in [0.717, 1.165) is 20.8 Å². The van der Waals surface area contributed by atoms with Gasteiger partial charge in [-0.1, -0.05) is 23.7 Å². The van der Waals surface area contributed by atoms with Crippen molar-refractivity contribution in [2.75, 3.05) is 20.3 Å². The molecule has 0 fully saturated rings. The van der Waals surface area contributed by atoms with Crippen LogP contribution >= 0.6 is 22.9 Å². The zero-order chi connectivity index (χ0) is 20.1. The molecule has 146 valence electrons. The molecule has 3 aromatic rings. The van der Waals surface area contributed by atoms with Crippen molar-refractivity contribution in [3.63, 3.8) is 0 Å². The van der Waals surface area contributed by atoms with E-state index in [1.807, 2.05) is 31.2 Å². The minimum atomic E-state index is -0.615. The first-order valence-corrected chi connectivity index (χ1v) is 9.75. The number of thiazole rings is 1. The van der Waals surface area contributed by atoms with E-state index in [1.54, 1.807) is 25.2 Å². The fourth-order valence-corrected chi connectivity index (χ4v) is 3.73. The molecule has 0 saturated carbocycles. The van der Waals surface area contributed by atoms with Gasteiger partial charge in [-0.25, -0.2) is 9.78 Å². The lowest BCUT2D eigenvalue weighted by molar-refractivity contribution is -0.153. The first-order valence-electron chi connectivity index (χ1n) is 8.55. The molecule has 0 atom stereocenters. The summed E-state index contributed by atoms with van der Waals surface area (Å²) < 4.78 is 11.5. The fraction of sp³-hybridized carbons (Fsp3) is 0.250. The minimum absolute atomic E-state index is 0.280. The number of para-hydroxylation sites is 1. The van der Waals surface area contributed by atoms with Gasteiger partial charge in [0.1, 0.15) is 10.8 Å². The summed E-state index contributed by atoms with van der Waals surface area (Å²) >= 11 is 7.42. The Kier molecular flexibility index (Phi) is 6.49. The predicted molar refractivity (Wildman–Crippen MR) is 109 cm³/mol. The Morgan fingerprint density at radius 2 is 1.96 bits per heavy atom. The lowest BCUT2D eigenvalue weighted by atomic mass is 10.2. The van der Waals surface area contributed by atoms with Crippen molar-refractivity contribution in [1.29, 1.82) is 0 Å². The maximum Gasteiger partial charge on any atom is 0.344 e. The van der Waals surface area contributed by atoms with E-state index in [-0.39, 0.29) is 19.1 Å². The van der Waals surface area contributed by atoms with E-state index >= 15 is 0 Å². The van der Waals surface area contributed by atoms with Crippen molar-refractivity contribution in [3.8, 4) is 5.75 Å². The first kappa shape index (κ1) is 20.1. The van der Waals surface area contributed by atoms with E-state index in [4.69, 9.17) is 21.1 Å². The Bertz CT molecular complexity index is 972. The average molecular weight is 419 g/mol. The Hall–Kier alpha value is -2.64. The van der Waals surface area contributed by atoms with Crippen molar-refractivity contribution >= 4 is 45.0 Å². The molecule has 1 aromatic heterocycles. The molecule has 0 N–H and O–H groups in total. The lowest BCUT2D eigenvalue weighted by Gasteiger charge is -2.15.